The third kappa shape index (κ3) is 3.63. The van der Waals surface area contributed by atoms with Gasteiger partial charge in [0.1, 0.15) is 0 Å². The van der Waals surface area contributed by atoms with Gasteiger partial charge in [-0.3, -0.25) is 9.59 Å². The molecule has 0 saturated carbocycles. The number of carbonyl (C=O) groups is 2. The van der Waals surface area contributed by atoms with E-state index < -0.39 is 9.58 Å². The normalized spacial score (nSPS) is 17.1. The molecule has 20 heavy (non-hydrogen) atoms. The standard InChI is InChI=1S/C14H10Cl3NO2/c15-14(16,17)12(19)8-11-6-7-13(20)18(11)9-10-4-2-1-3-5-10/h1-8H,9H2/b11-8+. The van der Waals surface area contributed by atoms with E-state index in [0.29, 0.717) is 12.2 Å². The number of amides is 1. The Morgan fingerprint density at radius 3 is 2.40 bits per heavy atom. The average Bonchev–Trinajstić information content (AvgIpc) is 2.72. The van der Waals surface area contributed by atoms with Gasteiger partial charge in [0.05, 0.1) is 6.54 Å². The van der Waals surface area contributed by atoms with Gasteiger partial charge < -0.3 is 4.90 Å². The first kappa shape index (κ1) is 15.1. The Hall–Kier alpha value is -1.29. The number of carbonyl (C=O) groups excluding carboxylic acids is 2. The lowest BCUT2D eigenvalue weighted by Crippen LogP contribution is -2.25. The fourth-order valence-corrected chi connectivity index (χ4v) is 1.90. The van der Waals surface area contributed by atoms with E-state index in [1.807, 2.05) is 30.3 Å². The van der Waals surface area contributed by atoms with E-state index in [-0.39, 0.29) is 5.91 Å². The Morgan fingerprint density at radius 2 is 1.80 bits per heavy atom. The number of alkyl halides is 3. The second-order valence-electron chi connectivity index (χ2n) is 4.17. The quantitative estimate of drug-likeness (QED) is 0.629. The minimum Gasteiger partial charge on any atom is -0.304 e. The van der Waals surface area contributed by atoms with Gasteiger partial charge in [-0.25, -0.2) is 0 Å². The molecule has 1 heterocycles. The van der Waals surface area contributed by atoms with Crippen LogP contribution in [0.3, 0.4) is 0 Å². The van der Waals surface area contributed by atoms with Gasteiger partial charge in [0.2, 0.25) is 5.78 Å². The highest BCUT2D eigenvalue weighted by molar-refractivity contribution is 6.77. The van der Waals surface area contributed by atoms with Crippen molar-refractivity contribution in [3.63, 3.8) is 0 Å². The minimum atomic E-state index is -2.02. The molecule has 0 N–H and O–H groups in total. The number of hydrogen-bond acceptors (Lipinski definition) is 2. The summed E-state index contributed by atoms with van der Waals surface area (Å²) in [6, 6.07) is 9.41. The lowest BCUT2D eigenvalue weighted by Gasteiger charge is -2.18. The third-order valence-corrected chi connectivity index (χ3v) is 3.28. The van der Waals surface area contributed by atoms with Gasteiger partial charge in [-0.1, -0.05) is 65.1 Å². The number of ketones is 1. The Bertz CT molecular complexity index is 588. The van der Waals surface area contributed by atoms with Crippen molar-refractivity contribution in [3.8, 4) is 0 Å². The highest BCUT2D eigenvalue weighted by Gasteiger charge is 2.30. The van der Waals surface area contributed by atoms with Gasteiger partial charge in [0.25, 0.3) is 9.70 Å². The highest BCUT2D eigenvalue weighted by Crippen LogP contribution is 2.29. The first-order chi connectivity index (χ1) is 9.38. The monoisotopic (exact) mass is 329 g/mol. The molecule has 0 bridgehead atoms. The molecule has 1 amide bonds. The largest absolute Gasteiger partial charge is 0.304 e. The fourth-order valence-electron chi connectivity index (χ4n) is 1.74. The van der Waals surface area contributed by atoms with Crippen LogP contribution in [-0.4, -0.2) is 20.4 Å². The number of benzene rings is 1. The molecule has 2 rings (SSSR count). The Balaban J connectivity index is 2.21. The summed E-state index contributed by atoms with van der Waals surface area (Å²) in [6.45, 7) is 0.353. The van der Waals surface area contributed by atoms with Crippen molar-refractivity contribution in [1.82, 2.24) is 4.90 Å². The lowest BCUT2D eigenvalue weighted by molar-refractivity contribution is -0.123. The summed E-state index contributed by atoms with van der Waals surface area (Å²) in [5, 5.41) is 0. The van der Waals surface area contributed by atoms with Crippen LogP contribution >= 0.6 is 34.8 Å². The van der Waals surface area contributed by atoms with Crippen molar-refractivity contribution in [3.05, 3.63) is 59.8 Å². The van der Waals surface area contributed by atoms with Gasteiger partial charge >= 0.3 is 0 Å². The van der Waals surface area contributed by atoms with Crippen LogP contribution in [0.25, 0.3) is 0 Å². The number of hydrogen-bond donors (Lipinski definition) is 0. The van der Waals surface area contributed by atoms with Crippen LogP contribution in [0.2, 0.25) is 0 Å². The van der Waals surface area contributed by atoms with Crippen LogP contribution in [0.1, 0.15) is 5.56 Å². The molecule has 1 aliphatic rings. The van der Waals surface area contributed by atoms with Crippen LogP contribution in [0.4, 0.5) is 0 Å². The van der Waals surface area contributed by atoms with Crippen LogP contribution in [0.5, 0.6) is 0 Å². The van der Waals surface area contributed by atoms with Gasteiger partial charge in [0.15, 0.2) is 0 Å². The maximum atomic E-state index is 11.8. The van der Waals surface area contributed by atoms with E-state index in [1.54, 1.807) is 0 Å². The zero-order chi connectivity index (χ0) is 14.8. The average molecular weight is 331 g/mol. The van der Waals surface area contributed by atoms with E-state index in [1.165, 1.54) is 17.1 Å². The van der Waals surface area contributed by atoms with Gasteiger partial charge in [-0.2, -0.15) is 0 Å². The van der Waals surface area contributed by atoms with Crippen LogP contribution in [-0.2, 0) is 16.1 Å². The molecule has 0 atom stereocenters. The van der Waals surface area contributed by atoms with Crippen molar-refractivity contribution < 1.29 is 9.59 Å². The molecule has 0 spiro atoms. The molecule has 0 fully saturated rings. The van der Waals surface area contributed by atoms with Gasteiger partial charge in [-0.05, 0) is 11.6 Å². The van der Waals surface area contributed by atoms with Crippen molar-refractivity contribution in [2.24, 2.45) is 0 Å². The molecule has 0 unspecified atom stereocenters. The van der Waals surface area contributed by atoms with E-state index >= 15 is 0 Å². The van der Waals surface area contributed by atoms with Crippen molar-refractivity contribution >= 4 is 46.5 Å². The second-order valence-corrected chi connectivity index (χ2v) is 6.46. The summed E-state index contributed by atoms with van der Waals surface area (Å²) in [6.07, 6.45) is 4.07. The summed E-state index contributed by atoms with van der Waals surface area (Å²) in [7, 11) is 0. The molecule has 104 valence electrons. The molecule has 1 aromatic rings. The molecule has 6 heteroatoms. The Labute approximate surface area is 131 Å². The molecule has 1 aromatic carbocycles. The molecule has 0 aliphatic carbocycles. The predicted molar refractivity (Wildman–Crippen MR) is 79.5 cm³/mol. The Kier molecular flexibility index (Phi) is 4.53. The number of allylic oxidation sites excluding steroid dienone is 2. The van der Waals surface area contributed by atoms with E-state index in [0.717, 1.165) is 11.6 Å². The van der Waals surface area contributed by atoms with E-state index in [2.05, 4.69) is 0 Å². The third-order valence-electron chi connectivity index (χ3n) is 2.72. The summed E-state index contributed by atoms with van der Waals surface area (Å²) >= 11 is 16.5. The van der Waals surface area contributed by atoms with Crippen molar-refractivity contribution in [1.29, 1.82) is 0 Å². The molecule has 1 aliphatic heterocycles. The van der Waals surface area contributed by atoms with Crippen molar-refractivity contribution in [2.75, 3.05) is 0 Å². The first-order valence-corrected chi connectivity index (χ1v) is 6.87. The maximum absolute atomic E-state index is 11.8. The minimum absolute atomic E-state index is 0.211. The zero-order valence-corrected chi connectivity index (χ0v) is 12.5. The first-order valence-electron chi connectivity index (χ1n) is 5.74. The predicted octanol–water partition coefficient (Wildman–Crippen LogP) is 3.41. The highest BCUT2D eigenvalue weighted by atomic mass is 35.6. The topological polar surface area (TPSA) is 37.4 Å². The summed E-state index contributed by atoms with van der Waals surface area (Å²) in [4.78, 5) is 24.9. The lowest BCUT2D eigenvalue weighted by atomic mass is 10.2. The maximum Gasteiger partial charge on any atom is 0.252 e. The van der Waals surface area contributed by atoms with Crippen LogP contribution in [0, 0.1) is 0 Å². The van der Waals surface area contributed by atoms with Gasteiger partial charge in [0, 0.05) is 17.8 Å². The molecular formula is C14H10Cl3NO2. The summed E-state index contributed by atoms with van der Waals surface area (Å²) in [5.41, 5.74) is 1.35. The zero-order valence-electron chi connectivity index (χ0n) is 10.2. The van der Waals surface area contributed by atoms with Crippen LogP contribution in [0.15, 0.2) is 54.3 Å². The second kappa shape index (κ2) is 6.00. The fraction of sp³-hybridized carbons (Fsp3) is 0.143. The van der Waals surface area contributed by atoms with Crippen LogP contribution < -0.4 is 0 Å². The molecule has 0 radical (unpaired) electrons. The Morgan fingerprint density at radius 1 is 1.15 bits per heavy atom. The van der Waals surface area contributed by atoms with Gasteiger partial charge in [-0.15, -0.1) is 0 Å². The smallest absolute Gasteiger partial charge is 0.252 e. The molecule has 0 aromatic heterocycles. The summed E-state index contributed by atoms with van der Waals surface area (Å²) in [5.74, 6) is -0.896. The van der Waals surface area contributed by atoms with Crippen molar-refractivity contribution in [2.45, 2.75) is 10.3 Å². The molecular weight excluding hydrogens is 321 g/mol. The number of rotatable bonds is 3. The molecule has 3 nitrogen and oxygen atoms in total. The summed E-state index contributed by atoms with van der Waals surface area (Å²) < 4.78 is -2.02. The van der Waals surface area contributed by atoms with E-state index in [9.17, 15) is 9.59 Å². The molecule has 0 saturated heterocycles. The number of nitrogens with zero attached hydrogens (tertiary/aromatic N) is 1. The SMILES string of the molecule is O=C1C=C/C(=C\C(=O)C(Cl)(Cl)Cl)N1Cc1ccccc1. The van der Waals surface area contributed by atoms with E-state index in [4.69, 9.17) is 34.8 Å². The number of halogens is 3.